The maximum atomic E-state index is 12.3. The molecule has 2 aromatic heterocycles. The van der Waals surface area contributed by atoms with Crippen LogP contribution in [0.15, 0.2) is 48.8 Å². The van der Waals surface area contributed by atoms with Crippen molar-refractivity contribution in [1.82, 2.24) is 4.98 Å². The van der Waals surface area contributed by atoms with Crippen molar-refractivity contribution < 1.29 is 14.3 Å². The minimum Gasteiger partial charge on any atom is -0.490 e. The van der Waals surface area contributed by atoms with Gasteiger partial charge in [-0.15, -0.1) is 11.3 Å². The number of hydrogen-bond acceptors (Lipinski definition) is 5. The highest BCUT2D eigenvalue weighted by Gasteiger charge is 2.33. The van der Waals surface area contributed by atoms with Gasteiger partial charge in [-0.25, -0.2) is 4.79 Å². The van der Waals surface area contributed by atoms with Crippen LogP contribution in [0.25, 0.3) is 10.1 Å². The lowest BCUT2D eigenvalue weighted by molar-refractivity contribution is 0.105. The third kappa shape index (κ3) is 3.76. The number of fused-ring (bicyclic) bond motifs is 1. The van der Waals surface area contributed by atoms with E-state index in [0.29, 0.717) is 13.2 Å². The van der Waals surface area contributed by atoms with Crippen molar-refractivity contribution in [3.05, 3.63) is 54.4 Å². The van der Waals surface area contributed by atoms with E-state index in [4.69, 9.17) is 9.47 Å². The Kier molecular flexibility index (Phi) is 4.52. The molecule has 1 amide bonds. The number of carbonyl (C=O) groups is 1. The van der Waals surface area contributed by atoms with Crippen molar-refractivity contribution in [3.63, 3.8) is 0 Å². The SMILES string of the molecule is CC(C)(C)c1ccc(OCC2CN(c3cc4ccncc4s3)C(=O)O2)cc1. The summed E-state index contributed by atoms with van der Waals surface area (Å²) in [5.74, 6) is 0.783. The first-order valence-electron chi connectivity index (χ1n) is 8.95. The van der Waals surface area contributed by atoms with E-state index < -0.39 is 0 Å². The molecular formula is C21H22N2O3S. The molecule has 1 aromatic carbocycles. The smallest absolute Gasteiger partial charge is 0.415 e. The molecule has 1 aliphatic rings. The van der Waals surface area contributed by atoms with Crippen LogP contribution < -0.4 is 9.64 Å². The van der Waals surface area contributed by atoms with Crippen LogP contribution in [0.5, 0.6) is 5.75 Å². The highest BCUT2D eigenvalue weighted by molar-refractivity contribution is 7.23. The van der Waals surface area contributed by atoms with E-state index in [-0.39, 0.29) is 17.6 Å². The van der Waals surface area contributed by atoms with Gasteiger partial charge in [-0.2, -0.15) is 0 Å². The number of cyclic esters (lactones) is 1. The lowest BCUT2D eigenvalue weighted by Crippen LogP contribution is -2.25. The van der Waals surface area contributed by atoms with Gasteiger partial charge in [0.1, 0.15) is 17.4 Å². The predicted octanol–water partition coefficient (Wildman–Crippen LogP) is 5.00. The molecule has 0 bridgehead atoms. The zero-order chi connectivity index (χ0) is 19.0. The first-order chi connectivity index (χ1) is 12.9. The Labute approximate surface area is 162 Å². The zero-order valence-electron chi connectivity index (χ0n) is 15.6. The number of nitrogens with zero attached hydrogens (tertiary/aromatic N) is 2. The van der Waals surface area contributed by atoms with E-state index in [2.05, 4.69) is 37.9 Å². The number of carbonyl (C=O) groups excluding carboxylic acids is 1. The molecule has 0 N–H and O–H groups in total. The molecule has 1 unspecified atom stereocenters. The quantitative estimate of drug-likeness (QED) is 0.637. The van der Waals surface area contributed by atoms with Gasteiger partial charge in [0.05, 0.1) is 11.2 Å². The summed E-state index contributed by atoms with van der Waals surface area (Å²) < 4.78 is 12.4. The first-order valence-corrected chi connectivity index (χ1v) is 9.77. The van der Waals surface area contributed by atoms with Crippen LogP contribution in [0.2, 0.25) is 0 Å². The monoisotopic (exact) mass is 382 g/mol. The number of pyridine rings is 1. The Morgan fingerprint density at radius 1 is 1.26 bits per heavy atom. The Morgan fingerprint density at radius 2 is 2.04 bits per heavy atom. The molecule has 1 aliphatic heterocycles. The molecule has 4 rings (SSSR count). The lowest BCUT2D eigenvalue weighted by Gasteiger charge is -2.19. The van der Waals surface area contributed by atoms with Crippen molar-refractivity contribution >= 4 is 32.5 Å². The van der Waals surface area contributed by atoms with Crippen molar-refractivity contribution in [3.8, 4) is 5.75 Å². The van der Waals surface area contributed by atoms with Crippen molar-refractivity contribution in [2.75, 3.05) is 18.1 Å². The van der Waals surface area contributed by atoms with Gasteiger partial charge in [0.2, 0.25) is 0 Å². The number of benzene rings is 1. The minimum absolute atomic E-state index is 0.111. The zero-order valence-corrected chi connectivity index (χ0v) is 16.5. The van der Waals surface area contributed by atoms with Gasteiger partial charge in [-0.3, -0.25) is 9.88 Å². The topological polar surface area (TPSA) is 51.7 Å². The number of thiophene rings is 1. The second-order valence-corrected chi connectivity index (χ2v) is 8.76. The standard InChI is InChI=1S/C21H22N2O3S/c1-21(2,3)15-4-6-16(7-5-15)25-13-17-12-23(20(24)26-17)19-10-14-8-9-22-11-18(14)27-19/h4-11,17H,12-13H2,1-3H3. The second kappa shape index (κ2) is 6.85. The molecule has 0 spiro atoms. The Balaban J connectivity index is 1.39. The number of amides is 1. The molecule has 27 heavy (non-hydrogen) atoms. The Bertz CT molecular complexity index is 926. The predicted molar refractivity (Wildman–Crippen MR) is 108 cm³/mol. The van der Waals surface area contributed by atoms with E-state index in [0.717, 1.165) is 20.8 Å². The summed E-state index contributed by atoms with van der Waals surface area (Å²) in [5, 5.41) is 1.96. The Hall–Kier alpha value is -2.60. The second-order valence-electron chi connectivity index (χ2n) is 7.70. The van der Waals surface area contributed by atoms with Crippen LogP contribution in [0.3, 0.4) is 0 Å². The van der Waals surface area contributed by atoms with E-state index in [1.807, 2.05) is 30.5 Å². The fourth-order valence-electron chi connectivity index (χ4n) is 3.03. The van der Waals surface area contributed by atoms with Crippen LogP contribution in [0.1, 0.15) is 26.3 Å². The van der Waals surface area contributed by atoms with Crippen LogP contribution in [-0.4, -0.2) is 30.3 Å². The summed E-state index contributed by atoms with van der Waals surface area (Å²) >= 11 is 1.54. The number of rotatable bonds is 4. The average molecular weight is 382 g/mol. The molecule has 0 aliphatic carbocycles. The maximum absolute atomic E-state index is 12.3. The van der Waals surface area contributed by atoms with Crippen LogP contribution in [0, 0.1) is 0 Å². The van der Waals surface area contributed by atoms with E-state index in [9.17, 15) is 4.79 Å². The maximum Gasteiger partial charge on any atom is 0.415 e. The van der Waals surface area contributed by atoms with E-state index in [1.54, 1.807) is 22.4 Å². The van der Waals surface area contributed by atoms with Gasteiger partial charge in [-0.1, -0.05) is 32.9 Å². The highest BCUT2D eigenvalue weighted by Crippen LogP contribution is 2.34. The minimum atomic E-state index is -0.328. The van der Waals surface area contributed by atoms with Crippen molar-refractivity contribution in [2.45, 2.75) is 32.3 Å². The van der Waals surface area contributed by atoms with Gasteiger partial charge in [-0.05, 0) is 40.6 Å². The molecular weight excluding hydrogens is 360 g/mol. The van der Waals surface area contributed by atoms with Gasteiger partial charge < -0.3 is 9.47 Å². The van der Waals surface area contributed by atoms with Gasteiger partial charge in [0.25, 0.3) is 0 Å². The molecule has 1 fully saturated rings. The molecule has 3 heterocycles. The molecule has 1 atom stereocenters. The summed E-state index contributed by atoms with van der Waals surface area (Å²) in [6, 6.07) is 12.0. The number of anilines is 1. The summed E-state index contributed by atoms with van der Waals surface area (Å²) in [4.78, 5) is 18.1. The van der Waals surface area contributed by atoms with Crippen molar-refractivity contribution in [2.24, 2.45) is 0 Å². The molecule has 0 radical (unpaired) electrons. The van der Waals surface area contributed by atoms with Crippen LogP contribution in [-0.2, 0) is 10.2 Å². The highest BCUT2D eigenvalue weighted by atomic mass is 32.1. The fourth-order valence-corrected chi connectivity index (χ4v) is 4.06. The van der Waals surface area contributed by atoms with Crippen molar-refractivity contribution in [1.29, 1.82) is 0 Å². The normalized spacial score (nSPS) is 17.4. The lowest BCUT2D eigenvalue weighted by atomic mass is 9.87. The van der Waals surface area contributed by atoms with E-state index >= 15 is 0 Å². The largest absolute Gasteiger partial charge is 0.490 e. The van der Waals surface area contributed by atoms with Crippen LogP contribution in [0.4, 0.5) is 9.80 Å². The molecule has 140 valence electrons. The first kappa shape index (κ1) is 17.8. The third-order valence-corrected chi connectivity index (χ3v) is 5.71. The number of aromatic nitrogens is 1. The molecule has 1 saturated heterocycles. The summed E-state index contributed by atoms with van der Waals surface area (Å²) in [7, 11) is 0. The number of ether oxygens (including phenoxy) is 2. The summed E-state index contributed by atoms with van der Waals surface area (Å²) in [5.41, 5.74) is 1.37. The van der Waals surface area contributed by atoms with Gasteiger partial charge in [0, 0.05) is 12.4 Å². The Morgan fingerprint density at radius 3 is 2.74 bits per heavy atom. The fraction of sp³-hybridized carbons (Fsp3) is 0.333. The average Bonchev–Trinajstić information content (AvgIpc) is 3.22. The molecule has 6 heteroatoms. The molecule has 5 nitrogen and oxygen atoms in total. The summed E-state index contributed by atoms with van der Waals surface area (Å²) in [6.45, 7) is 7.36. The molecule has 0 saturated carbocycles. The van der Waals surface area contributed by atoms with E-state index in [1.165, 1.54) is 5.56 Å². The van der Waals surface area contributed by atoms with Crippen LogP contribution >= 0.6 is 11.3 Å². The van der Waals surface area contributed by atoms with Gasteiger partial charge in [0.15, 0.2) is 6.10 Å². The number of hydrogen-bond donors (Lipinski definition) is 0. The third-order valence-electron chi connectivity index (χ3n) is 4.61. The summed E-state index contributed by atoms with van der Waals surface area (Å²) in [6.07, 6.45) is 2.95. The van der Waals surface area contributed by atoms with Gasteiger partial charge >= 0.3 is 6.09 Å². The molecule has 3 aromatic rings.